The Labute approximate surface area is 159 Å². The number of nitrogens with one attached hydrogen (secondary N) is 3. The molecule has 27 heavy (non-hydrogen) atoms. The van der Waals surface area contributed by atoms with E-state index in [9.17, 15) is 4.79 Å². The van der Waals surface area contributed by atoms with E-state index >= 15 is 0 Å². The Morgan fingerprint density at radius 1 is 1.19 bits per heavy atom. The lowest BCUT2D eigenvalue weighted by Crippen LogP contribution is -2.50. The number of carbonyl (C=O) groups excluding carboxylic acids is 1. The van der Waals surface area contributed by atoms with E-state index in [1.807, 2.05) is 12.1 Å². The Bertz CT molecular complexity index is 724. The fourth-order valence-electron chi connectivity index (χ4n) is 4.14. The number of hydrogen-bond donors (Lipinski definition) is 3. The highest BCUT2D eigenvalue weighted by molar-refractivity contribution is 6.02. The fraction of sp³-hybridized carbons (Fsp3) is 0.476. The van der Waals surface area contributed by atoms with E-state index in [2.05, 4.69) is 28.1 Å². The van der Waals surface area contributed by atoms with Crippen LogP contribution in [0.15, 0.2) is 47.1 Å². The highest BCUT2D eigenvalue weighted by atomic mass is 16.5. The zero-order valence-corrected chi connectivity index (χ0v) is 15.4. The molecule has 1 aliphatic heterocycles. The molecule has 2 fully saturated rings. The zero-order valence-electron chi connectivity index (χ0n) is 15.4. The number of anilines is 1. The van der Waals surface area contributed by atoms with E-state index in [1.54, 1.807) is 12.1 Å². The van der Waals surface area contributed by atoms with E-state index in [0.717, 1.165) is 32.0 Å². The minimum Gasteiger partial charge on any atom is -0.459 e. The lowest BCUT2D eigenvalue weighted by molar-refractivity contribution is 0.0524. The van der Waals surface area contributed by atoms with E-state index in [0.29, 0.717) is 23.8 Å². The summed E-state index contributed by atoms with van der Waals surface area (Å²) in [4.78, 5) is 12.0. The lowest BCUT2D eigenvalue weighted by Gasteiger charge is -2.33. The van der Waals surface area contributed by atoms with Gasteiger partial charge in [-0.3, -0.25) is 4.79 Å². The van der Waals surface area contributed by atoms with Gasteiger partial charge in [0.25, 0.3) is 5.91 Å². The number of morpholine rings is 1. The SMILES string of the molecule is O=C(Nc1ccc(CNC2CCCC2C2COCCN2)cc1)c1ccco1. The summed E-state index contributed by atoms with van der Waals surface area (Å²) >= 11 is 0. The van der Waals surface area contributed by atoms with E-state index in [4.69, 9.17) is 9.15 Å². The van der Waals surface area contributed by atoms with Crippen molar-refractivity contribution in [2.45, 2.75) is 37.9 Å². The van der Waals surface area contributed by atoms with Gasteiger partial charge in [-0.25, -0.2) is 0 Å². The first-order chi connectivity index (χ1) is 13.3. The Morgan fingerprint density at radius 3 is 2.81 bits per heavy atom. The Balaban J connectivity index is 1.29. The summed E-state index contributed by atoms with van der Waals surface area (Å²) in [6.45, 7) is 3.44. The van der Waals surface area contributed by atoms with Crippen LogP contribution in [-0.2, 0) is 11.3 Å². The second kappa shape index (κ2) is 8.69. The van der Waals surface area contributed by atoms with Crippen molar-refractivity contribution >= 4 is 11.6 Å². The van der Waals surface area contributed by atoms with Crippen LogP contribution in [0.2, 0.25) is 0 Å². The number of furan rings is 1. The van der Waals surface area contributed by atoms with Gasteiger partial charge in [-0.05, 0) is 48.6 Å². The smallest absolute Gasteiger partial charge is 0.291 e. The van der Waals surface area contributed by atoms with Crippen LogP contribution in [0.1, 0.15) is 35.4 Å². The third kappa shape index (κ3) is 4.58. The highest BCUT2D eigenvalue weighted by Gasteiger charge is 2.34. The standard InChI is InChI=1S/C21H27N3O3/c25-21(20-5-2-11-27-20)24-16-8-6-15(7-9-16)13-23-18-4-1-3-17(18)19-14-26-12-10-22-19/h2,5-9,11,17-19,22-23H,1,3-4,10,12-14H2,(H,24,25). The van der Waals surface area contributed by atoms with Crippen LogP contribution in [0.5, 0.6) is 0 Å². The van der Waals surface area contributed by atoms with Crippen LogP contribution in [0, 0.1) is 5.92 Å². The summed E-state index contributed by atoms with van der Waals surface area (Å²) in [5, 5.41) is 10.2. The van der Waals surface area contributed by atoms with Gasteiger partial charge >= 0.3 is 0 Å². The summed E-state index contributed by atoms with van der Waals surface area (Å²) in [7, 11) is 0. The average Bonchev–Trinajstić information content (AvgIpc) is 3.40. The average molecular weight is 369 g/mol. The molecule has 0 bridgehead atoms. The van der Waals surface area contributed by atoms with Crippen LogP contribution >= 0.6 is 0 Å². The van der Waals surface area contributed by atoms with Crippen LogP contribution < -0.4 is 16.0 Å². The van der Waals surface area contributed by atoms with Crippen molar-refractivity contribution in [2.75, 3.05) is 25.1 Å². The minimum absolute atomic E-state index is 0.234. The van der Waals surface area contributed by atoms with Gasteiger partial charge in [-0.15, -0.1) is 0 Å². The number of amides is 1. The number of benzene rings is 1. The van der Waals surface area contributed by atoms with E-state index in [1.165, 1.54) is 31.1 Å². The van der Waals surface area contributed by atoms with E-state index < -0.39 is 0 Å². The third-order valence-electron chi connectivity index (χ3n) is 5.56. The van der Waals surface area contributed by atoms with Crippen molar-refractivity contribution in [3.05, 3.63) is 54.0 Å². The van der Waals surface area contributed by atoms with Crippen molar-refractivity contribution in [1.29, 1.82) is 0 Å². The van der Waals surface area contributed by atoms with E-state index in [-0.39, 0.29) is 5.91 Å². The van der Waals surface area contributed by atoms with Crippen molar-refractivity contribution in [3.8, 4) is 0 Å². The van der Waals surface area contributed by atoms with Gasteiger partial charge in [0.05, 0.1) is 19.5 Å². The van der Waals surface area contributed by atoms with Gasteiger partial charge in [0.1, 0.15) is 0 Å². The Morgan fingerprint density at radius 2 is 2.07 bits per heavy atom. The molecule has 3 N–H and O–H groups in total. The quantitative estimate of drug-likeness (QED) is 0.730. The van der Waals surface area contributed by atoms with Gasteiger partial charge in [0.2, 0.25) is 0 Å². The molecule has 4 rings (SSSR count). The Hall–Kier alpha value is -2.15. The summed E-state index contributed by atoms with van der Waals surface area (Å²) < 4.78 is 10.8. The molecule has 1 aliphatic carbocycles. The fourth-order valence-corrected chi connectivity index (χ4v) is 4.14. The summed E-state index contributed by atoms with van der Waals surface area (Å²) in [5.41, 5.74) is 1.98. The van der Waals surface area contributed by atoms with Crippen molar-refractivity contribution in [2.24, 2.45) is 5.92 Å². The molecule has 1 saturated heterocycles. The van der Waals surface area contributed by atoms with Crippen molar-refractivity contribution < 1.29 is 13.9 Å². The molecule has 1 aromatic heterocycles. The molecule has 2 aromatic rings. The van der Waals surface area contributed by atoms with Gasteiger partial charge in [0, 0.05) is 30.9 Å². The van der Waals surface area contributed by atoms with Crippen LogP contribution in [0.4, 0.5) is 5.69 Å². The molecule has 144 valence electrons. The largest absolute Gasteiger partial charge is 0.459 e. The molecule has 2 aliphatic rings. The number of ether oxygens (including phenoxy) is 1. The maximum Gasteiger partial charge on any atom is 0.291 e. The van der Waals surface area contributed by atoms with Crippen LogP contribution in [0.3, 0.4) is 0 Å². The number of hydrogen-bond acceptors (Lipinski definition) is 5. The molecule has 3 unspecified atom stereocenters. The van der Waals surface area contributed by atoms with Gasteiger partial charge < -0.3 is 25.1 Å². The predicted molar refractivity (Wildman–Crippen MR) is 104 cm³/mol. The van der Waals surface area contributed by atoms with Crippen LogP contribution in [-0.4, -0.2) is 37.7 Å². The highest BCUT2D eigenvalue weighted by Crippen LogP contribution is 2.29. The van der Waals surface area contributed by atoms with Gasteiger partial charge in [-0.2, -0.15) is 0 Å². The molecule has 6 heteroatoms. The zero-order chi connectivity index (χ0) is 18.5. The molecule has 6 nitrogen and oxygen atoms in total. The second-order valence-electron chi connectivity index (χ2n) is 7.35. The number of rotatable bonds is 6. The molecule has 1 amide bonds. The predicted octanol–water partition coefficient (Wildman–Crippen LogP) is 2.78. The second-order valence-corrected chi connectivity index (χ2v) is 7.35. The third-order valence-corrected chi connectivity index (χ3v) is 5.56. The molecule has 1 aromatic carbocycles. The molecule has 0 radical (unpaired) electrons. The topological polar surface area (TPSA) is 75.5 Å². The monoisotopic (exact) mass is 369 g/mol. The van der Waals surface area contributed by atoms with Gasteiger partial charge in [0.15, 0.2) is 5.76 Å². The molecule has 1 saturated carbocycles. The maximum absolute atomic E-state index is 12.0. The minimum atomic E-state index is -0.234. The number of carbonyl (C=O) groups is 1. The van der Waals surface area contributed by atoms with Gasteiger partial charge in [-0.1, -0.05) is 18.6 Å². The Kier molecular flexibility index (Phi) is 5.87. The first-order valence-electron chi connectivity index (χ1n) is 9.78. The molecular formula is C21H27N3O3. The molecule has 3 atom stereocenters. The first kappa shape index (κ1) is 18.2. The van der Waals surface area contributed by atoms with Crippen LogP contribution in [0.25, 0.3) is 0 Å². The summed E-state index contributed by atoms with van der Waals surface area (Å²) in [5.74, 6) is 0.715. The molecule has 2 heterocycles. The molecule has 0 spiro atoms. The summed E-state index contributed by atoms with van der Waals surface area (Å²) in [6.07, 6.45) is 5.25. The summed E-state index contributed by atoms with van der Waals surface area (Å²) in [6, 6.07) is 12.3. The van der Waals surface area contributed by atoms with Crippen molar-refractivity contribution in [3.63, 3.8) is 0 Å². The lowest BCUT2D eigenvalue weighted by atomic mass is 9.94. The van der Waals surface area contributed by atoms with Crippen molar-refractivity contribution in [1.82, 2.24) is 10.6 Å². The normalized spacial score (nSPS) is 25.4. The maximum atomic E-state index is 12.0. The first-order valence-corrected chi connectivity index (χ1v) is 9.78. The molecular weight excluding hydrogens is 342 g/mol.